The molecule has 1 aliphatic heterocycles. The summed E-state index contributed by atoms with van der Waals surface area (Å²) in [6.07, 6.45) is 0.473. The smallest absolute Gasteiger partial charge is 0.253 e. The van der Waals surface area contributed by atoms with Gasteiger partial charge in [-0.25, -0.2) is 8.42 Å². The normalized spacial score (nSPS) is 18.0. The molecule has 0 bridgehead atoms. The summed E-state index contributed by atoms with van der Waals surface area (Å²) in [4.78, 5) is 14.0. The maximum atomic E-state index is 12.4. The zero-order valence-corrected chi connectivity index (χ0v) is 12.9. The second-order valence-electron chi connectivity index (χ2n) is 4.98. The largest absolute Gasteiger partial charge is 0.492 e. The lowest BCUT2D eigenvalue weighted by Gasteiger charge is -2.20. The molecular weight excluding hydrogens is 292 g/mol. The summed E-state index contributed by atoms with van der Waals surface area (Å²) < 4.78 is 28.5. The van der Waals surface area contributed by atoms with Crippen LogP contribution < -0.4 is 10.5 Å². The first-order chi connectivity index (χ1) is 9.93. The molecule has 1 aromatic rings. The summed E-state index contributed by atoms with van der Waals surface area (Å²) in [6.45, 7) is 3.04. The Morgan fingerprint density at radius 2 is 2.10 bits per heavy atom. The number of hydrogen-bond donors (Lipinski definition) is 1. The van der Waals surface area contributed by atoms with E-state index in [-0.39, 0.29) is 24.0 Å². The van der Waals surface area contributed by atoms with Gasteiger partial charge in [0.25, 0.3) is 5.91 Å². The van der Waals surface area contributed by atoms with Gasteiger partial charge < -0.3 is 15.4 Å². The molecule has 0 saturated carbocycles. The molecule has 21 heavy (non-hydrogen) atoms. The first kappa shape index (κ1) is 15.6. The number of hydrogen-bond acceptors (Lipinski definition) is 5. The first-order valence-corrected chi connectivity index (χ1v) is 8.77. The zero-order valence-electron chi connectivity index (χ0n) is 12.0. The molecule has 1 fully saturated rings. The first-order valence-electron chi connectivity index (χ1n) is 6.95. The third-order valence-electron chi connectivity index (χ3n) is 3.40. The predicted molar refractivity (Wildman–Crippen MR) is 81.2 cm³/mol. The number of carbonyl (C=O) groups excluding carboxylic acids is 1. The summed E-state index contributed by atoms with van der Waals surface area (Å²) in [5.74, 6) is 0.516. The summed E-state index contributed by atoms with van der Waals surface area (Å²) in [7, 11) is -3.03. The van der Waals surface area contributed by atoms with Crippen molar-refractivity contribution in [1.29, 1.82) is 0 Å². The van der Waals surface area contributed by atoms with Gasteiger partial charge in [-0.3, -0.25) is 4.79 Å². The number of nitrogen functional groups attached to an aromatic ring is 1. The van der Waals surface area contributed by atoms with Crippen molar-refractivity contribution in [2.45, 2.75) is 13.3 Å². The quantitative estimate of drug-likeness (QED) is 0.839. The SMILES string of the molecule is CCOc1ccc(C(=O)N2CCCS(=O)(=O)CC2)cc1N. The Morgan fingerprint density at radius 1 is 1.33 bits per heavy atom. The van der Waals surface area contributed by atoms with Gasteiger partial charge in [-0.2, -0.15) is 0 Å². The number of nitrogens with two attached hydrogens (primary N) is 1. The average Bonchev–Trinajstić information content (AvgIpc) is 2.61. The molecule has 0 aromatic heterocycles. The number of anilines is 1. The van der Waals surface area contributed by atoms with Crippen LogP contribution in [0, 0.1) is 0 Å². The van der Waals surface area contributed by atoms with Crippen molar-refractivity contribution < 1.29 is 17.9 Å². The Kier molecular flexibility index (Phi) is 4.72. The maximum Gasteiger partial charge on any atom is 0.253 e. The second kappa shape index (κ2) is 6.34. The van der Waals surface area contributed by atoms with Crippen molar-refractivity contribution in [2.24, 2.45) is 0 Å². The lowest BCUT2D eigenvalue weighted by atomic mass is 10.1. The van der Waals surface area contributed by atoms with Crippen molar-refractivity contribution in [3.63, 3.8) is 0 Å². The van der Waals surface area contributed by atoms with Gasteiger partial charge in [0.05, 0.1) is 23.8 Å². The highest BCUT2D eigenvalue weighted by Gasteiger charge is 2.23. The highest BCUT2D eigenvalue weighted by molar-refractivity contribution is 7.91. The molecule has 0 unspecified atom stereocenters. The van der Waals surface area contributed by atoms with Crippen LogP contribution in [0.1, 0.15) is 23.7 Å². The van der Waals surface area contributed by atoms with Crippen LogP contribution in [0.5, 0.6) is 5.75 Å². The van der Waals surface area contributed by atoms with Crippen LogP contribution in [-0.2, 0) is 9.84 Å². The molecule has 1 saturated heterocycles. The topological polar surface area (TPSA) is 89.7 Å². The van der Waals surface area contributed by atoms with E-state index in [1.807, 2.05) is 6.92 Å². The minimum atomic E-state index is -3.03. The number of carbonyl (C=O) groups is 1. The van der Waals surface area contributed by atoms with E-state index in [0.717, 1.165) is 0 Å². The van der Waals surface area contributed by atoms with E-state index in [2.05, 4.69) is 0 Å². The fraction of sp³-hybridized carbons (Fsp3) is 0.500. The van der Waals surface area contributed by atoms with E-state index in [0.29, 0.717) is 36.6 Å². The number of amides is 1. The van der Waals surface area contributed by atoms with Gasteiger partial charge in [-0.1, -0.05) is 0 Å². The number of ether oxygens (including phenoxy) is 1. The van der Waals surface area contributed by atoms with Crippen LogP contribution in [0.25, 0.3) is 0 Å². The fourth-order valence-electron chi connectivity index (χ4n) is 2.29. The van der Waals surface area contributed by atoms with Crippen molar-refractivity contribution >= 4 is 21.4 Å². The van der Waals surface area contributed by atoms with E-state index >= 15 is 0 Å². The monoisotopic (exact) mass is 312 g/mol. The third-order valence-corrected chi connectivity index (χ3v) is 5.11. The van der Waals surface area contributed by atoms with Crippen molar-refractivity contribution in [3.05, 3.63) is 23.8 Å². The standard InChI is InChI=1S/C14H20N2O4S/c1-2-20-13-5-4-11(10-12(13)15)14(17)16-6-3-8-21(18,19)9-7-16/h4-5,10H,2-3,6-9,15H2,1H3. The highest BCUT2D eigenvalue weighted by atomic mass is 32.2. The Morgan fingerprint density at radius 3 is 2.76 bits per heavy atom. The summed E-state index contributed by atoms with van der Waals surface area (Å²) in [5.41, 5.74) is 6.72. The summed E-state index contributed by atoms with van der Waals surface area (Å²) >= 11 is 0. The van der Waals surface area contributed by atoms with Crippen molar-refractivity contribution in [3.8, 4) is 5.75 Å². The number of sulfone groups is 1. The van der Waals surface area contributed by atoms with Crippen LogP contribution in [0.2, 0.25) is 0 Å². The molecule has 1 aromatic carbocycles. The van der Waals surface area contributed by atoms with Crippen LogP contribution in [0.3, 0.4) is 0 Å². The van der Waals surface area contributed by atoms with Gasteiger partial charge in [0, 0.05) is 18.7 Å². The molecule has 2 N–H and O–H groups in total. The molecule has 0 spiro atoms. The Hall–Kier alpha value is -1.76. The van der Waals surface area contributed by atoms with Gasteiger partial charge in [-0.05, 0) is 31.5 Å². The third kappa shape index (κ3) is 3.87. The summed E-state index contributed by atoms with van der Waals surface area (Å²) in [6, 6.07) is 4.90. The Labute approximate surface area is 124 Å². The van der Waals surface area contributed by atoms with Gasteiger partial charge >= 0.3 is 0 Å². The second-order valence-corrected chi connectivity index (χ2v) is 7.29. The molecule has 2 rings (SSSR count). The number of benzene rings is 1. The molecule has 1 aliphatic rings. The predicted octanol–water partition coefficient (Wildman–Crippen LogP) is 0.928. The van der Waals surface area contributed by atoms with Crippen LogP contribution in [-0.4, -0.2) is 50.4 Å². The van der Waals surface area contributed by atoms with Gasteiger partial charge in [0.2, 0.25) is 0 Å². The fourth-order valence-corrected chi connectivity index (χ4v) is 3.56. The van der Waals surface area contributed by atoms with Crippen molar-refractivity contribution in [1.82, 2.24) is 4.90 Å². The molecule has 6 nitrogen and oxygen atoms in total. The lowest BCUT2D eigenvalue weighted by molar-refractivity contribution is 0.0768. The number of rotatable bonds is 3. The lowest BCUT2D eigenvalue weighted by Crippen LogP contribution is -2.33. The van der Waals surface area contributed by atoms with E-state index in [1.54, 1.807) is 23.1 Å². The van der Waals surface area contributed by atoms with Gasteiger partial charge in [-0.15, -0.1) is 0 Å². The molecule has 0 aliphatic carbocycles. The van der Waals surface area contributed by atoms with E-state index in [1.165, 1.54) is 0 Å². The van der Waals surface area contributed by atoms with E-state index in [9.17, 15) is 13.2 Å². The Bertz CT molecular complexity index is 628. The van der Waals surface area contributed by atoms with Crippen LogP contribution in [0.4, 0.5) is 5.69 Å². The van der Waals surface area contributed by atoms with Crippen molar-refractivity contribution in [2.75, 3.05) is 36.9 Å². The van der Waals surface area contributed by atoms with E-state index < -0.39 is 9.84 Å². The van der Waals surface area contributed by atoms with Crippen LogP contribution >= 0.6 is 0 Å². The molecule has 0 atom stereocenters. The molecule has 1 amide bonds. The minimum absolute atomic E-state index is 0.0191. The molecule has 116 valence electrons. The van der Waals surface area contributed by atoms with Gasteiger partial charge in [0.15, 0.2) is 9.84 Å². The molecular formula is C14H20N2O4S. The highest BCUT2D eigenvalue weighted by Crippen LogP contribution is 2.23. The zero-order chi connectivity index (χ0) is 15.5. The molecule has 1 heterocycles. The minimum Gasteiger partial charge on any atom is -0.492 e. The molecule has 0 radical (unpaired) electrons. The Balaban J connectivity index is 2.14. The van der Waals surface area contributed by atoms with Gasteiger partial charge in [0.1, 0.15) is 5.75 Å². The average molecular weight is 312 g/mol. The number of nitrogens with zero attached hydrogens (tertiary/aromatic N) is 1. The van der Waals surface area contributed by atoms with Crippen LogP contribution in [0.15, 0.2) is 18.2 Å². The summed E-state index contributed by atoms with van der Waals surface area (Å²) in [5, 5.41) is 0. The molecule has 7 heteroatoms. The maximum absolute atomic E-state index is 12.4. The van der Waals surface area contributed by atoms with E-state index in [4.69, 9.17) is 10.5 Å².